The average molecular weight is 380 g/mol. The molecule has 0 heterocycles. The molecule has 0 fully saturated rings. The van der Waals surface area contributed by atoms with Crippen LogP contribution in [-0.2, 0) is 0 Å². The Morgan fingerprint density at radius 3 is 2.48 bits per heavy atom. The van der Waals surface area contributed by atoms with Gasteiger partial charge in [0.05, 0.1) is 32.1 Å². The van der Waals surface area contributed by atoms with Gasteiger partial charge < -0.3 is 19.5 Å². The Morgan fingerprint density at radius 2 is 1.83 bits per heavy atom. The van der Waals surface area contributed by atoms with Crippen molar-refractivity contribution in [2.75, 3.05) is 26.1 Å². The highest BCUT2D eigenvalue weighted by Crippen LogP contribution is 2.31. The lowest BCUT2D eigenvalue weighted by atomic mass is 10.1. The molecule has 0 aromatic heterocycles. The topological polar surface area (TPSA) is 56.8 Å². The van der Waals surface area contributed by atoms with Gasteiger partial charge in [-0.05, 0) is 37.3 Å². The van der Waals surface area contributed by atoms with Gasteiger partial charge in [-0.15, -0.1) is 0 Å². The molecular weight excluding hydrogens is 362 g/mol. The number of ether oxygens (including phenoxy) is 3. The molecule has 122 valence electrons. The van der Waals surface area contributed by atoms with Crippen LogP contribution in [0.2, 0.25) is 0 Å². The molecule has 2 aromatic carbocycles. The van der Waals surface area contributed by atoms with Crippen molar-refractivity contribution in [3.63, 3.8) is 0 Å². The van der Waals surface area contributed by atoms with Gasteiger partial charge in [-0.2, -0.15) is 0 Å². The molecule has 2 aromatic rings. The Bertz CT molecular complexity index is 703. The van der Waals surface area contributed by atoms with E-state index in [-0.39, 0.29) is 5.91 Å². The highest BCUT2D eigenvalue weighted by Gasteiger charge is 2.16. The second-order valence-electron chi connectivity index (χ2n) is 4.59. The molecule has 1 amide bonds. The minimum absolute atomic E-state index is 0.290. The van der Waals surface area contributed by atoms with Crippen molar-refractivity contribution in [2.45, 2.75) is 6.92 Å². The van der Waals surface area contributed by atoms with E-state index in [0.29, 0.717) is 35.1 Å². The molecule has 0 atom stereocenters. The Morgan fingerprint density at radius 1 is 1.09 bits per heavy atom. The van der Waals surface area contributed by atoms with Gasteiger partial charge in [-0.25, -0.2) is 0 Å². The zero-order valence-electron chi connectivity index (χ0n) is 13.2. The fraction of sp³-hybridized carbons (Fsp3) is 0.235. The number of anilines is 1. The summed E-state index contributed by atoms with van der Waals surface area (Å²) in [5.74, 6) is 1.41. The largest absolute Gasteiger partial charge is 0.497 e. The van der Waals surface area contributed by atoms with E-state index in [1.54, 1.807) is 44.6 Å². The van der Waals surface area contributed by atoms with Crippen LogP contribution in [0.1, 0.15) is 17.3 Å². The second kappa shape index (κ2) is 7.87. The van der Waals surface area contributed by atoms with Crippen LogP contribution in [0.15, 0.2) is 40.9 Å². The van der Waals surface area contributed by atoms with E-state index in [4.69, 9.17) is 14.2 Å². The Labute approximate surface area is 143 Å². The number of rotatable bonds is 6. The summed E-state index contributed by atoms with van der Waals surface area (Å²) in [4.78, 5) is 12.6. The summed E-state index contributed by atoms with van der Waals surface area (Å²) in [6, 6.07) is 10.5. The maximum atomic E-state index is 12.6. The van der Waals surface area contributed by atoms with Gasteiger partial charge in [0.15, 0.2) is 0 Å². The Balaban J connectivity index is 2.34. The predicted octanol–water partition coefficient (Wildman–Crippen LogP) is 4.12. The molecule has 0 saturated carbocycles. The van der Waals surface area contributed by atoms with Crippen LogP contribution in [0, 0.1) is 0 Å². The van der Waals surface area contributed by atoms with Gasteiger partial charge in [0.25, 0.3) is 5.91 Å². The molecule has 1 N–H and O–H groups in total. The van der Waals surface area contributed by atoms with Gasteiger partial charge >= 0.3 is 0 Å². The maximum Gasteiger partial charge on any atom is 0.259 e. The standard InChI is InChI=1S/C17H18BrNO4/c1-4-23-15-7-5-11(18)9-13(15)17(20)19-14-10-12(21-2)6-8-16(14)22-3/h5-10H,4H2,1-3H3,(H,19,20). The molecule has 0 aliphatic heterocycles. The van der Waals surface area contributed by atoms with Crippen molar-refractivity contribution in [3.8, 4) is 17.2 Å². The number of hydrogen-bond acceptors (Lipinski definition) is 4. The summed E-state index contributed by atoms with van der Waals surface area (Å²) in [6.07, 6.45) is 0. The van der Waals surface area contributed by atoms with Crippen LogP contribution in [0.25, 0.3) is 0 Å². The summed E-state index contributed by atoms with van der Waals surface area (Å²) in [7, 11) is 3.11. The third-order valence-corrected chi connectivity index (χ3v) is 3.63. The first-order valence-electron chi connectivity index (χ1n) is 7.04. The molecule has 0 saturated heterocycles. The monoisotopic (exact) mass is 379 g/mol. The zero-order valence-corrected chi connectivity index (χ0v) is 14.8. The number of nitrogens with one attached hydrogen (secondary N) is 1. The van der Waals surface area contributed by atoms with Gasteiger partial charge in [0.1, 0.15) is 17.2 Å². The van der Waals surface area contributed by atoms with E-state index in [1.807, 2.05) is 13.0 Å². The lowest BCUT2D eigenvalue weighted by Crippen LogP contribution is -2.14. The van der Waals surface area contributed by atoms with Crippen molar-refractivity contribution in [1.82, 2.24) is 0 Å². The molecule has 23 heavy (non-hydrogen) atoms. The summed E-state index contributed by atoms with van der Waals surface area (Å²) >= 11 is 3.37. The summed E-state index contributed by atoms with van der Waals surface area (Å²) in [5, 5.41) is 2.83. The average Bonchev–Trinajstić information content (AvgIpc) is 2.56. The first-order valence-corrected chi connectivity index (χ1v) is 7.84. The molecule has 0 bridgehead atoms. The number of methoxy groups -OCH3 is 2. The molecule has 0 radical (unpaired) electrons. The Kier molecular flexibility index (Phi) is 5.87. The van der Waals surface area contributed by atoms with Crippen LogP contribution in [-0.4, -0.2) is 26.7 Å². The molecule has 0 aliphatic rings. The SMILES string of the molecule is CCOc1ccc(Br)cc1C(=O)Nc1cc(OC)ccc1OC. The second-order valence-corrected chi connectivity index (χ2v) is 5.51. The molecule has 0 aliphatic carbocycles. The quantitative estimate of drug-likeness (QED) is 0.819. The number of hydrogen-bond donors (Lipinski definition) is 1. The van der Waals surface area contributed by atoms with Gasteiger partial charge in [0, 0.05) is 10.5 Å². The Hall–Kier alpha value is -2.21. The number of amides is 1. The molecule has 6 heteroatoms. The fourth-order valence-corrected chi connectivity index (χ4v) is 2.42. The highest BCUT2D eigenvalue weighted by molar-refractivity contribution is 9.10. The number of halogens is 1. The first kappa shape index (κ1) is 17.1. The van der Waals surface area contributed by atoms with E-state index >= 15 is 0 Å². The van der Waals surface area contributed by atoms with Gasteiger partial charge in [0.2, 0.25) is 0 Å². The smallest absolute Gasteiger partial charge is 0.259 e. The zero-order chi connectivity index (χ0) is 16.8. The minimum Gasteiger partial charge on any atom is -0.497 e. The van der Waals surface area contributed by atoms with Crippen LogP contribution < -0.4 is 19.5 Å². The third-order valence-electron chi connectivity index (χ3n) is 3.14. The van der Waals surface area contributed by atoms with Crippen LogP contribution >= 0.6 is 15.9 Å². The molecule has 2 rings (SSSR count). The van der Waals surface area contributed by atoms with Crippen molar-refractivity contribution < 1.29 is 19.0 Å². The van der Waals surface area contributed by atoms with Gasteiger partial charge in [-0.1, -0.05) is 15.9 Å². The number of benzene rings is 2. The third kappa shape index (κ3) is 4.16. The fourth-order valence-electron chi connectivity index (χ4n) is 2.06. The summed E-state index contributed by atoms with van der Waals surface area (Å²) < 4.78 is 16.8. The molecule has 0 spiro atoms. The van der Waals surface area contributed by atoms with Crippen LogP contribution in [0.4, 0.5) is 5.69 Å². The maximum absolute atomic E-state index is 12.6. The first-order chi connectivity index (χ1) is 11.1. The lowest BCUT2D eigenvalue weighted by Gasteiger charge is -2.14. The van der Waals surface area contributed by atoms with Crippen LogP contribution in [0.3, 0.4) is 0 Å². The summed E-state index contributed by atoms with van der Waals surface area (Å²) in [6.45, 7) is 2.35. The minimum atomic E-state index is -0.290. The molecular formula is C17H18BrNO4. The van der Waals surface area contributed by atoms with E-state index in [2.05, 4.69) is 21.2 Å². The van der Waals surface area contributed by atoms with Crippen LogP contribution in [0.5, 0.6) is 17.2 Å². The van der Waals surface area contributed by atoms with E-state index in [1.165, 1.54) is 0 Å². The number of carbonyl (C=O) groups is 1. The summed E-state index contributed by atoms with van der Waals surface area (Å²) in [5.41, 5.74) is 0.963. The lowest BCUT2D eigenvalue weighted by molar-refractivity contribution is 0.102. The van der Waals surface area contributed by atoms with E-state index in [0.717, 1.165) is 4.47 Å². The number of carbonyl (C=O) groups excluding carboxylic acids is 1. The van der Waals surface area contributed by atoms with Gasteiger partial charge in [-0.3, -0.25) is 4.79 Å². The van der Waals surface area contributed by atoms with Crippen molar-refractivity contribution in [1.29, 1.82) is 0 Å². The highest BCUT2D eigenvalue weighted by atomic mass is 79.9. The van der Waals surface area contributed by atoms with Crippen molar-refractivity contribution in [2.24, 2.45) is 0 Å². The molecule has 0 unspecified atom stereocenters. The van der Waals surface area contributed by atoms with E-state index in [9.17, 15) is 4.79 Å². The predicted molar refractivity (Wildman–Crippen MR) is 92.8 cm³/mol. The van der Waals surface area contributed by atoms with E-state index < -0.39 is 0 Å². The van der Waals surface area contributed by atoms with Crippen molar-refractivity contribution >= 4 is 27.5 Å². The van der Waals surface area contributed by atoms with Crippen molar-refractivity contribution in [3.05, 3.63) is 46.4 Å². The normalized spacial score (nSPS) is 10.1. The molecule has 5 nitrogen and oxygen atoms in total.